The number of pyridine rings is 1. The van der Waals surface area contributed by atoms with E-state index in [2.05, 4.69) is 33.5 Å². The summed E-state index contributed by atoms with van der Waals surface area (Å²) in [7, 11) is 0. The molecule has 6 heteroatoms. The third kappa shape index (κ3) is 6.20. The van der Waals surface area contributed by atoms with Crippen LogP contribution in [0.1, 0.15) is 73.4 Å². The van der Waals surface area contributed by atoms with E-state index >= 15 is 0 Å². The Kier molecular flexibility index (Phi) is 7.43. The highest BCUT2D eigenvalue weighted by Crippen LogP contribution is 2.32. The van der Waals surface area contributed by atoms with Gasteiger partial charge < -0.3 is 10.6 Å². The summed E-state index contributed by atoms with van der Waals surface area (Å²) >= 11 is 0. The smallest absolute Gasteiger partial charge is 0.257 e. The first-order valence-electron chi connectivity index (χ1n) is 12.3. The number of hydrogen-bond acceptors (Lipinski definition) is 4. The summed E-state index contributed by atoms with van der Waals surface area (Å²) in [4.78, 5) is 32.0. The van der Waals surface area contributed by atoms with Gasteiger partial charge in [0.1, 0.15) is 0 Å². The molecule has 0 spiro atoms. The van der Waals surface area contributed by atoms with Gasteiger partial charge in [-0.2, -0.15) is 0 Å². The highest BCUT2D eigenvalue weighted by Gasteiger charge is 2.37. The zero-order valence-corrected chi connectivity index (χ0v) is 19.9. The van der Waals surface area contributed by atoms with Gasteiger partial charge in [-0.3, -0.25) is 19.5 Å². The number of piperidine rings is 1. The second-order valence-corrected chi connectivity index (χ2v) is 10.1. The molecule has 2 aromatic rings. The van der Waals surface area contributed by atoms with Crippen LogP contribution in [0.5, 0.6) is 0 Å². The lowest BCUT2D eigenvalue weighted by molar-refractivity contribution is -0.133. The third-order valence-corrected chi connectivity index (χ3v) is 7.18. The molecule has 176 valence electrons. The molecule has 2 aliphatic rings. The zero-order chi connectivity index (χ0) is 23.3. The van der Waals surface area contributed by atoms with Gasteiger partial charge in [0.15, 0.2) is 0 Å². The molecule has 0 unspecified atom stereocenters. The molecule has 2 amide bonds. The van der Waals surface area contributed by atoms with Crippen molar-refractivity contribution in [3.05, 3.63) is 59.4 Å². The van der Waals surface area contributed by atoms with Crippen LogP contribution in [-0.4, -0.2) is 40.8 Å². The number of aromatic nitrogens is 1. The summed E-state index contributed by atoms with van der Waals surface area (Å²) in [6.45, 7) is 6.67. The maximum Gasteiger partial charge on any atom is 0.257 e. The monoisotopic (exact) mass is 448 g/mol. The standard InChI is InChI=1S/C27H36N4O2/c1-20-15-22(18-28-17-20)25(32)29-24-10-6-7-21(16-24)19-31-13-11-27(2,12-14-31)26(33)30-23-8-4-3-5-9-23/h6-7,10,15-18,23H,3-5,8-9,11-14,19H2,1-2H3,(H,29,32)(H,30,33). The number of rotatable bonds is 6. The maximum atomic E-state index is 13.0. The van der Waals surface area contributed by atoms with Gasteiger partial charge in [-0.05, 0) is 75.0 Å². The van der Waals surface area contributed by atoms with E-state index in [4.69, 9.17) is 0 Å². The fraction of sp³-hybridized carbons (Fsp3) is 0.519. The van der Waals surface area contributed by atoms with Crippen molar-refractivity contribution in [3.63, 3.8) is 0 Å². The van der Waals surface area contributed by atoms with E-state index < -0.39 is 0 Å². The number of benzene rings is 1. The van der Waals surface area contributed by atoms with E-state index in [1.54, 1.807) is 12.4 Å². The zero-order valence-electron chi connectivity index (χ0n) is 19.9. The molecule has 1 aromatic carbocycles. The Morgan fingerprint density at radius 1 is 1.09 bits per heavy atom. The molecular formula is C27H36N4O2. The minimum Gasteiger partial charge on any atom is -0.353 e. The molecule has 1 saturated carbocycles. The van der Waals surface area contributed by atoms with Gasteiger partial charge in [-0.25, -0.2) is 0 Å². The van der Waals surface area contributed by atoms with Crippen molar-refractivity contribution in [1.29, 1.82) is 0 Å². The molecular weight excluding hydrogens is 412 g/mol. The first kappa shape index (κ1) is 23.4. The topological polar surface area (TPSA) is 74.3 Å². The Bertz CT molecular complexity index is 976. The Morgan fingerprint density at radius 2 is 1.85 bits per heavy atom. The molecule has 1 saturated heterocycles. The van der Waals surface area contributed by atoms with Crippen LogP contribution in [0.3, 0.4) is 0 Å². The van der Waals surface area contributed by atoms with E-state index in [9.17, 15) is 9.59 Å². The molecule has 1 aliphatic heterocycles. The molecule has 6 nitrogen and oxygen atoms in total. The van der Waals surface area contributed by atoms with Crippen LogP contribution in [0.4, 0.5) is 5.69 Å². The summed E-state index contributed by atoms with van der Waals surface area (Å²) in [6, 6.07) is 10.2. The van der Waals surface area contributed by atoms with Crippen molar-refractivity contribution in [3.8, 4) is 0 Å². The van der Waals surface area contributed by atoms with E-state index in [1.807, 2.05) is 31.2 Å². The van der Waals surface area contributed by atoms with Crippen molar-refractivity contribution in [2.45, 2.75) is 71.4 Å². The van der Waals surface area contributed by atoms with E-state index in [0.29, 0.717) is 11.6 Å². The third-order valence-electron chi connectivity index (χ3n) is 7.18. The SMILES string of the molecule is Cc1cncc(C(=O)Nc2cccc(CN3CCC(C)(C(=O)NC4CCCCC4)CC3)c2)c1. The number of carbonyl (C=O) groups is 2. The molecule has 0 atom stereocenters. The maximum absolute atomic E-state index is 13.0. The fourth-order valence-corrected chi connectivity index (χ4v) is 4.93. The van der Waals surface area contributed by atoms with Crippen molar-refractivity contribution < 1.29 is 9.59 Å². The summed E-state index contributed by atoms with van der Waals surface area (Å²) in [6.07, 6.45) is 11.1. The van der Waals surface area contributed by atoms with Crippen LogP contribution in [0, 0.1) is 12.3 Å². The predicted molar refractivity (Wildman–Crippen MR) is 131 cm³/mol. The van der Waals surface area contributed by atoms with Gasteiger partial charge in [0.05, 0.1) is 5.56 Å². The number of carbonyl (C=O) groups excluding carboxylic acids is 2. The largest absolute Gasteiger partial charge is 0.353 e. The van der Waals surface area contributed by atoms with Crippen molar-refractivity contribution in [2.24, 2.45) is 5.41 Å². The number of aryl methyl sites for hydroxylation is 1. The molecule has 4 rings (SSSR count). The molecule has 2 fully saturated rings. The summed E-state index contributed by atoms with van der Waals surface area (Å²) in [5.74, 6) is 0.0884. The average Bonchev–Trinajstić information content (AvgIpc) is 2.81. The Balaban J connectivity index is 1.29. The fourth-order valence-electron chi connectivity index (χ4n) is 4.93. The van der Waals surface area contributed by atoms with Gasteiger partial charge in [0.25, 0.3) is 5.91 Å². The number of hydrogen-bond donors (Lipinski definition) is 2. The van der Waals surface area contributed by atoms with Crippen LogP contribution in [0.15, 0.2) is 42.7 Å². The molecule has 1 aliphatic carbocycles. The van der Waals surface area contributed by atoms with Crippen LogP contribution >= 0.6 is 0 Å². The highest BCUT2D eigenvalue weighted by atomic mass is 16.2. The van der Waals surface area contributed by atoms with Crippen LogP contribution in [0.2, 0.25) is 0 Å². The van der Waals surface area contributed by atoms with Gasteiger partial charge in [-0.15, -0.1) is 0 Å². The van der Waals surface area contributed by atoms with Crippen molar-refractivity contribution >= 4 is 17.5 Å². The predicted octanol–water partition coefficient (Wildman–Crippen LogP) is 4.69. The molecule has 0 radical (unpaired) electrons. The van der Waals surface area contributed by atoms with E-state index in [1.165, 1.54) is 19.3 Å². The van der Waals surface area contributed by atoms with Gasteiger partial charge in [0, 0.05) is 36.1 Å². The van der Waals surface area contributed by atoms with Crippen molar-refractivity contribution in [1.82, 2.24) is 15.2 Å². The number of nitrogens with zero attached hydrogens (tertiary/aromatic N) is 2. The average molecular weight is 449 g/mol. The van der Waals surface area contributed by atoms with Gasteiger partial charge in [-0.1, -0.05) is 38.3 Å². The summed E-state index contributed by atoms with van der Waals surface area (Å²) < 4.78 is 0. The second kappa shape index (κ2) is 10.5. The normalized spacial score (nSPS) is 19.1. The van der Waals surface area contributed by atoms with Crippen LogP contribution in [0.25, 0.3) is 0 Å². The number of amides is 2. The first-order valence-corrected chi connectivity index (χ1v) is 12.3. The summed E-state index contributed by atoms with van der Waals surface area (Å²) in [5, 5.41) is 6.31. The first-order chi connectivity index (χ1) is 15.9. The highest BCUT2D eigenvalue weighted by molar-refractivity contribution is 6.04. The van der Waals surface area contributed by atoms with E-state index in [0.717, 1.165) is 62.1 Å². The molecule has 2 heterocycles. The molecule has 33 heavy (non-hydrogen) atoms. The van der Waals surface area contributed by atoms with Crippen LogP contribution < -0.4 is 10.6 Å². The Labute approximate surface area is 197 Å². The van der Waals surface area contributed by atoms with E-state index in [-0.39, 0.29) is 17.2 Å². The quantitative estimate of drug-likeness (QED) is 0.672. The summed E-state index contributed by atoms with van der Waals surface area (Å²) in [5.41, 5.74) is 3.19. The van der Waals surface area contributed by atoms with Gasteiger partial charge in [0.2, 0.25) is 5.91 Å². The molecule has 2 N–H and O–H groups in total. The lowest BCUT2D eigenvalue weighted by Gasteiger charge is -2.39. The second-order valence-electron chi connectivity index (χ2n) is 10.1. The van der Waals surface area contributed by atoms with Crippen LogP contribution in [-0.2, 0) is 11.3 Å². The lowest BCUT2D eigenvalue weighted by Crippen LogP contribution is -2.49. The minimum atomic E-state index is -0.272. The number of anilines is 1. The Hall–Kier alpha value is -2.73. The Morgan fingerprint density at radius 3 is 2.58 bits per heavy atom. The lowest BCUT2D eigenvalue weighted by atomic mass is 9.79. The van der Waals surface area contributed by atoms with Crippen molar-refractivity contribution in [2.75, 3.05) is 18.4 Å². The van der Waals surface area contributed by atoms with Gasteiger partial charge >= 0.3 is 0 Å². The number of likely N-dealkylation sites (tertiary alicyclic amines) is 1. The molecule has 0 bridgehead atoms. The number of nitrogens with one attached hydrogen (secondary N) is 2. The minimum absolute atomic E-state index is 0.152. The molecule has 1 aromatic heterocycles.